The van der Waals surface area contributed by atoms with E-state index in [-0.39, 0.29) is 36.3 Å². The number of fused-ring (bicyclic) bond motifs is 1. The van der Waals surface area contributed by atoms with Gasteiger partial charge < -0.3 is 9.40 Å². The summed E-state index contributed by atoms with van der Waals surface area (Å²) in [6, 6.07) is -0.171. The van der Waals surface area contributed by atoms with Crippen LogP contribution in [0.15, 0.2) is 15.4 Å². The van der Waals surface area contributed by atoms with Crippen LogP contribution in [0.2, 0.25) is 0 Å². The largest absolute Gasteiger partial charge is 0.425 e. The average molecular weight is 390 g/mol. The van der Waals surface area contributed by atoms with Crippen LogP contribution in [0.5, 0.6) is 0 Å². The highest BCUT2D eigenvalue weighted by molar-refractivity contribution is 5.73. The Labute approximate surface area is 158 Å². The minimum atomic E-state index is -2.61. The van der Waals surface area contributed by atoms with Gasteiger partial charge in [0.2, 0.25) is 17.7 Å². The van der Waals surface area contributed by atoms with Crippen molar-refractivity contribution in [2.75, 3.05) is 0 Å². The van der Waals surface area contributed by atoms with Gasteiger partial charge in [-0.1, -0.05) is 0 Å². The first-order valence-electron chi connectivity index (χ1n) is 9.56. The Bertz CT molecular complexity index is 1080. The van der Waals surface area contributed by atoms with E-state index in [0.29, 0.717) is 41.5 Å². The summed E-state index contributed by atoms with van der Waals surface area (Å²) in [7, 11) is 0. The second-order valence-electron chi connectivity index (χ2n) is 7.81. The maximum atomic E-state index is 13.5. The summed E-state index contributed by atoms with van der Waals surface area (Å²) in [5.74, 6) is -0.990. The first kappa shape index (κ1) is 17.4. The van der Waals surface area contributed by atoms with Gasteiger partial charge in [0.15, 0.2) is 5.65 Å². The minimum Gasteiger partial charge on any atom is -0.425 e. The fraction of sp³-hybridized carbons (Fsp3) is 0.611. The Morgan fingerprint density at radius 1 is 1.18 bits per heavy atom. The number of hydrogen-bond donors (Lipinski definition) is 1. The zero-order valence-electron chi connectivity index (χ0n) is 15.4. The van der Waals surface area contributed by atoms with E-state index in [4.69, 9.17) is 4.42 Å². The standard InChI is InChI=1S/C18H20F2N6O2/c1-9-24-25-17(28-9)12-3-2-11(12)14-22-15-13(16(27)23-14)8-21-26(15)10-4-6-18(19,20)7-5-10/h8,10-12H,2-7H2,1H3,(H,22,23,27). The second kappa shape index (κ2) is 6.18. The average Bonchev–Trinajstić information content (AvgIpc) is 3.21. The second-order valence-corrected chi connectivity index (χ2v) is 7.81. The minimum absolute atomic E-state index is 0.0176. The quantitative estimate of drug-likeness (QED) is 0.737. The van der Waals surface area contributed by atoms with Crippen molar-refractivity contribution in [1.82, 2.24) is 29.9 Å². The lowest BCUT2D eigenvalue weighted by atomic mass is 9.73. The lowest BCUT2D eigenvalue weighted by Crippen LogP contribution is -2.28. The van der Waals surface area contributed by atoms with Crippen LogP contribution in [-0.4, -0.2) is 35.9 Å². The Hall–Kier alpha value is -2.65. The molecule has 8 nitrogen and oxygen atoms in total. The van der Waals surface area contributed by atoms with E-state index in [1.807, 2.05) is 0 Å². The van der Waals surface area contributed by atoms with E-state index < -0.39 is 5.92 Å². The molecule has 0 radical (unpaired) electrons. The van der Waals surface area contributed by atoms with Gasteiger partial charge in [-0.25, -0.2) is 18.4 Å². The smallest absolute Gasteiger partial charge is 0.262 e. The number of nitrogens with zero attached hydrogens (tertiary/aromatic N) is 5. The zero-order valence-corrected chi connectivity index (χ0v) is 15.4. The summed E-state index contributed by atoms with van der Waals surface area (Å²) in [6.45, 7) is 1.74. The first-order chi connectivity index (χ1) is 13.4. The summed E-state index contributed by atoms with van der Waals surface area (Å²) in [4.78, 5) is 20.1. The van der Waals surface area contributed by atoms with Crippen LogP contribution in [0.1, 0.15) is 74.0 Å². The third kappa shape index (κ3) is 2.82. The van der Waals surface area contributed by atoms with Crippen molar-refractivity contribution in [3.63, 3.8) is 0 Å². The third-order valence-corrected chi connectivity index (χ3v) is 6.00. The molecule has 1 N–H and O–H groups in total. The Morgan fingerprint density at radius 2 is 1.93 bits per heavy atom. The van der Waals surface area contributed by atoms with Gasteiger partial charge in [-0.05, 0) is 25.7 Å². The molecule has 0 saturated heterocycles. The van der Waals surface area contributed by atoms with Crippen LogP contribution in [0.4, 0.5) is 8.78 Å². The van der Waals surface area contributed by atoms with Gasteiger partial charge in [0.1, 0.15) is 11.2 Å². The molecule has 148 valence electrons. The van der Waals surface area contributed by atoms with E-state index in [1.54, 1.807) is 11.6 Å². The molecule has 0 aliphatic heterocycles. The van der Waals surface area contributed by atoms with Crippen molar-refractivity contribution in [1.29, 1.82) is 0 Å². The molecule has 10 heteroatoms. The number of nitrogens with one attached hydrogen (secondary N) is 1. The van der Waals surface area contributed by atoms with Gasteiger partial charge in [0, 0.05) is 31.6 Å². The van der Waals surface area contributed by atoms with Gasteiger partial charge in [0.05, 0.1) is 12.2 Å². The number of rotatable bonds is 3. The molecular formula is C18H20F2N6O2. The van der Waals surface area contributed by atoms with Crippen LogP contribution in [0.25, 0.3) is 11.0 Å². The normalized spacial score (nSPS) is 25.1. The zero-order chi connectivity index (χ0) is 19.5. The fourth-order valence-electron chi connectivity index (χ4n) is 4.25. The molecule has 3 aromatic rings. The summed E-state index contributed by atoms with van der Waals surface area (Å²) in [5.41, 5.74) is 0.195. The number of aromatic nitrogens is 6. The molecule has 2 aliphatic carbocycles. The maximum absolute atomic E-state index is 13.5. The van der Waals surface area contributed by atoms with Crippen molar-refractivity contribution in [3.8, 4) is 0 Å². The number of halogens is 2. The van der Waals surface area contributed by atoms with Crippen LogP contribution in [-0.2, 0) is 0 Å². The van der Waals surface area contributed by atoms with Gasteiger partial charge in [-0.2, -0.15) is 5.10 Å². The van der Waals surface area contributed by atoms with Gasteiger partial charge in [-0.3, -0.25) is 4.79 Å². The Morgan fingerprint density at radius 3 is 2.57 bits per heavy atom. The summed E-state index contributed by atoms with van der Waals surface area (Å²) in [5, 5.41) is 12.7. The Kier molecular flexibility index (Phi) is 3.85. The Balaban J connectivity index is 1.49. The molecule has 28 heavy (non-hydrogen) atoms. The summed E-state index contributed by atoms with van der Waals surface area (Å²) in [6.07, 6.45) is 3.50. The van der Waals surface area contributed by atoms with Crippen molar-refractivity contribution < 1.29 is 13.2 Å². The van der Waals surface area contributed by atoms with E-state index in [1.165, 1.54) is 6.20 Å². The summed E-state index contributed by atoms with van der Waals surface area (Å²) >= 11 is 0. The lowest BCUT2D eigenvalue weighted by molar-refractivity contribution is -0.0446. The maximum Gasteiger partial charge on any atom is 0.262 e. The van der Waals surface area contributed by atoms with E-state index in [9.17, 15) is 13.6 Å². The molecule has 2 unspecified atom stereocenters. The van der Waals surface area contributed by atoms with Crippen LogP contribution >= 0.6 is 0 Å². The molecule has 2 fully saturated rings. The predicted octanol–water partition coefficient (Wildman–Crippen LogP) is 3.22. The molecule has 0 amide bonds. The molecular weight excluding hydrogens is 370 g/mol. The number of alkyl halides is 2. The SMILES string of the molecule is Cc1nnc(C2CCC2c2nc3c(cnn3C3CCC(F)(F)CC3)c(=O)[nH]2)o1. The first-order valence-corrected chi connectivity index (χ1v) is 9.56. The van der Waals surface area contributed by atoms with Crippen LogP contribution < -0.4 is 5.56 Å². The summed E-state index contributed by atoms with van der Waals surface area (Å²) < 4.78 is 34.2. The highest BCUT2D eigenvalue weighted by Gasteiger charge is 2.40. The van der Waals surface area contributed by atoms with Crippen molar-refractivity contribution >= 4 is 11.0 Å². The molecule has 3 heterocycles. The van der Waals surface area contributed by atoms with Gasteiger partial charge in [-0.15, -0.1) is 10.2 Å². The third-order valence-electron chi connectivity index (χ3n) is 6.00. The molecule has 5 rings (SSSR count). The van der Waals surface area contributed by atoms with E-state index >= 15 is 0 Å². The lowest BCUT2D eigenvalue weighted by Gasteiger charge is -2.33. The molecule has 3 aromatic heterocycles. The molecule has 2 atom stereocenters. The predicted molar refractivity (Wildman–Crippen MR) is 94.4 cm³/mol. The number of aromatic amines is 1. The number of hydrogen-bond acceptors (Lipinski definition) is 6. The van der Waals surface area contributed by atoms with Gasteiger partial charge >= 0.3 is 0 Å². The highest BCUT2D eigenvalue weighted by Crippen LogP contribution is 2.47. The molecule has 0 bridgehead atoms. The van der Waals surface area contributed by atoms with Crippen molar-refractivity contribution in [2.24, 2.45) is 0 Å². The highest BCUT2D eigenvalue weighted by atomic mass is 19.3. The molecule has 0 aromatic carbocycles. The topological polar surface area (TPSA) is 102 Å². The van der Waals surface area contributed by atoms with Crippen LogP contribution in [0.3, 0.4) is 0 Å². The number of aryl methyl sites for hydroxylation is 1. The molecule has 2 saturated carbocycles. The number of H-pyrrole nitrogens is 1. The monoisotopic (exact) mass is 390 g/mol. The van der Waals surface area contributed by atoms with E-state index in [2.05, 4.69) is 25.3 Å². The fourth-order valence-corrected chi connectivity index (χ4v) is 4.25. The molecule has 2 aliphatic rings. The van der Waals surface area contributed by atoms with Crippen molar-refractivity contribution in [2.45, 2.75) is 69.2 Å². The van der Waals surface area contributed by atoms with E-state index in [0.717, 1.165) is 12.8 Å². The van der Waals surface area contributed by atoms with Crippen LogP contribution in [0, 0.1) is 6.92 Å². The van der Waals surface area contributed by atoms with Crippen molar-refractivity contribution in [3.05, 3.63) is 34.2 Å². The van der Waals surface area contributed by atoms with Gasteiger partial charge in [0.25, 0.3) is 5.56 Å². The molecule has 0 spiro atoms.